The van der Waals surface area contributed by atoms with Crippen molar-refractivity contribution in [1.82, 2.24) is 0 Å². The van der Waals surface area contributed by atoms with Crippen molar-refractivity contribution >= 4 is 49.7 Å². The van der Waals surface area contributed by atoms with Crippen molar-refractivity contribution < 1.29 is 18.0 Å². The lowest BCUT2D eigenvalue weighted by molar-refractivity contribution is 0.0992. The lowest BCUT2D eigenvalue weighted by Gasteiger charge is -2.16. The zero-order valence-electron chi connectivity index (χ0n) is 19.2. The summed E-state index contributed by atoms with van der Waals surface area (Å²) in [5.74, 6) is -0.441. The smallest absolute Gasteiger partial charge is 0.261 e. The van der Waals surface area contributed by atoms with E-state index in [4.69, 9.17) is 0 Å². The number of hydrogen-bond acceptors (Lipinski definition) is 4. The highest BCUT2D eigenvalue weighted by molar-refractivity contribution is 7.92. The van der Waals surface area contributed by atoms with Crippen molar-refractivity contribution in [2.75, 3.05) is 21.5 Å². The summed E-state index contributed by atoms with van der Waals surface area (Å²) in [7, 11) is -3.79. The van der Waals surface area contributed by atoms with Gasteiger partial charge in [0.15, 0.2) is 0 Å². The average Bonchev–Trinajstić information content (AvgIpc) is 3.13. The van der Waals surface area contributed by atoms with E-state index in [0.717, 1.165) is 22.0 Å². The SMILES string of the molecule is CCN1C(=O)c2cccc3c(NC(=O)c4cccc(NS(=O)(=O)c5ccc(C)cc5)c4)ccc1c23. The Morgan fingerprint density at radius 2 is 1.69 bits per heavy atom. The van der Waals surface area contributed by atoms with Crippen LogP contribution in [-0.4, -0.2) is 26.8 Å². The third-order valence-corrected chi connectivity index (χ3v) is 7.45. The summed E-state index contributed by atoms with van der Waals surface area (Å²) in [6, 6.07) is 21.9. The molecule has 1 heterocycles. The number of carbonyl (C=O) groups excluding carboxylic acids is 2. The summed E-state index contributed by atoms with van der Waals surface area (Å²) >= 11 is 0. The Labute approximate surface area is 203 Å². The van der Waals surface area contributed by atoms with Gasteiger partial charge in [0.25, 0.3) is 21.8 Å². The summed E-state index contributed by atoms with van der Waals surface area (Å²) in [6.07, 6.45) is 0. The zero-order valence-corrected chi connectivity index (χ0v) is 20.0. The highest BCUT2D eigenvalue weighted by Gasteiger charge is 2.29. The van der Waals surface area contributed by atoms with Gasteiger partial charge in [-0.1, -0.05) is 35.9 Å². The van der Waals surface area contributed by atoms with Crippen molar-refractivity contribution in [3.8, 4) is 0 Å². The number of hydrogen-bond donors (Lipinski definition) is 2. The molecule has 4 aromatic rings. The van der Waals surface area contributed by atoms with Crippen molar-refractivity contribution in [2.24, 2.45) is 0 Å². The molecule has 176 valence electrons. The monoisotopic (exact) mass is 485 g/mol. The minimum atomic E-state index is -3.79. The number of nitrogens with zero attached hydrogens (tertiary/aromatic N) is 1. The number of nitrogens with one attached hydrogen (secondary N) is 2. The summed E-state index contributed by atoms with van der Waals surface area (Å²) in [6.45, 7) is 4.36. The molecule has 1 aliphatic heterocycles. The van der Waals surface area contributed by atoms with Gasteiger partial charge in [-0.3, -0.25) is 14.3 Å². The molecular formula is C27H23N3O4S. The molecule has 0 bridgehead atoms. The first-order valence-corrected chi connectivity index (χ1v) is 12.7. The van der Waals surface area contributed by atoms with E-state index in [1.807, 2.05) is 26.0 Å². The molecule has 0 spiro atoms. The Kier molecular flexibility index (Phi) is 5.53. The molecule has 4 aromatic carbocycles. The molecule has 0 atom stereocenters. The fraction of sp³-hybridized carbons (Fsp3) is 0.111. The first-order chi connectivity index (χ1) is 16.8. The Bertz CT molecular complexity index is 1600. The fourth-order valence-corrected chi connectivity index (χ4v) is 5.37. The van der Waals surface area contributed by atoms with Crippen LogP contribution < -0.4 is 14.9 Å². The number of sulfonamides is 1. The van der Waals surface area contributed by atoms with Crippen LogP contribution in [0.1, 0.15) is 33.2 Å². The van der Waals surface area contributed by atoms with E-state index in [9.17, 15) is 18.0 Å². The predicted molar refractivity (Wildman–Crippen MR) is 138 cm³/mol. The van der Waals surface area contributed by atoms with E-state index < -0.39 is 15.9 Å². The number of aryl methyl sites for hydroxylation is 1. The highest BCUT2D eigenvalue weighted by Crippen LogP contribution is 2.40. The molecule has 0 saturated heterocycles. The van der Waals surface area contributed by atoms with Crippen molar-refractivity contribution in [2.45, 2.75) is 18.7 Å². The van der Waals surface area contributed by atoms with E-state index in [-0.39, 0.29) is 16.5 Å². The molecule has 0 fully saturated rings. The summed E-state index contributed by atoms with van der Waals surface area (Å²) in [5.41, 5.74) is 3.55. The second-order valence-electron chi connectivity index (χ2n) is 8.36. The van der Waals surface area contributed by atoms with E-state index >= 15 is 0 Å². The van der Waals surface area contributed by atoms with Gasteiger partial charge in [0, 0.05) is 39.8 Å². The van der Waals surface area contributed by atoms with Gasteiger partial charge in [0.2, 0.25) is 0 Å². The van der Waals surface area contributed by atoms with Gasteiger partial charge in [-0.15, -0.1) is 0 Å². The van der Waals surface area contributed by atoms with Gasteiger partial charge in [-0.25, -0.2) is 8.42 Å². The van der Waals surface area contributed by atoms with Crippen molar-refractivity contribution in [3.63, 3.8) is 0 Å². The average molecular weight is 486 g/mol. The van der Waals surface area contributed by atoms with Crippen LogP contribution in [-0.2, 0) is 10.0 Å². The molecule has 2 N–H and O–H groups in total. The van der Waals surface area contributed by atoms with Gasteiger partial charge in [0.05, 0.1) is 10.6 Å². The van der Waals surface area contributed by atoms with E-state index in [2.05, 4.69) is 10.0 Å². The van der Waals surface area contributed by atoms with Crippen LogP contribution >= 0.6 is 0 Å². The lowest BCUT2D eigenvalue weighted by Crippen LogP contribution is -2.25. The van der Waals surface area contributed by atoms with Crippen LogP contribution in [0.3, 0.4) is 0 Å². The molecule has 1 aliphatic rings. The van der Waals surface area contributed by atoms with Gasteiger partial charge < -0.3 is 10.2 Å². The van der Waals surface area contributed by atoms with Crippen molar-refractivity contribution in [3.05, 3.63) is 95.6 Å². The lowest BCUT2D eigenvalue weighted by atomic mass is 10.0. The number of benzene rings is 4. The summed E-state index contributed by atoms with van der Waals surface area (Å²) in [4.78, 5) is 27.7. The van der Waals surface area contributed by atoms with Crippen LogP contribution in [0.4, 0.5) is 17.1 Å². The Morgan fingerprint density at radius 3 is 2.43 bits per heavy atom. The van der Waals surface area contributed by atoms with Gasteiger partial charge >= 0.3 is 0 Å². The van der Waals surface area contributed by atoms with Crippen LogP contribution in [0.5, 0.6) is 0 Å². The molecule has 7 nitrogen and oxygen atoms in total. The molecule has 0 aromatic heterocycles. The second kappa shape index (κ2) is 8.56. The maximum Gasteiger partial charge on any atom is 0.261 e. The number of carbonyl (C=O) groups is 2. The minimum Gasteiger partial charge on any atom is -0.321 e. The topological polar surface area (TPSA) is 95.6 Å². The summed E-state index contributed by atoms with van der Waals surface area (Å²) in [5, 5.41) is 4.50. The quantitative estimate of drug-likeness (QED) is 0.393. The molecule has 0 unspecified atom stereocenters. The number of rotatable bonds is 6. The molecule has 0 saturated carbocycles. The highest BCUT2D eigenvalue weighted by atomic mass is 32.2. The Hall–Kier alpha value is -4.17. The van der Waals surface area contributed by atoms with Gasteiger partial charge in [-0.05, 0) is 62.4 Å². The van der Waals surface area contributed by atoms with E-state index in [1.165, 1.54) is 18.2 Å². The number of amides is 2. The standard InChI is InChI=1S/C27H23N3O4S/c1-3-30-24-15-14-23(21-8-5-9-22(25(21)24)27(30)32)28-26(31)18-6-4-7-19(16-18)29-35(33,34)20-12-10-17(2)11-13-20/h4-16,29H,3H2,1-2H3,(H,28,31). The normalized spacial score (nSPS) is 12.7. The van der Waals surface area contributed by atoms with Crippen molar-refractivity contribution in [1.29, 1.82) is 0 Å². The molecule has 8 heteroatoms. The predicted octanol–water partition coefficient (Wildman–Crippen LogP) is 5.18. The van der Waals surface area contributed by atoms with Gasteiger partial charge in [-0.2, -0.15) is 0 Å². The van der Waals surface area contributed by atoms with E-state index in [1.54, 1.807) is 53.4 Å². The minimum absolute atomic E-state index is 0.0508. The molecule has 5 rings (SSSR count). The van der Waals surface area contributed by atoms with Crippen LogP contribution in [0.2, 0.25) is 0 Å². The molecule has 0 radical (unpaired) electrons. The summed E-state index contributed by atoms with van der Waals surface area (Å²) < 4.78 is 28.0. The third-order valence-electron chi connectivity index (χ3n) is 6.06. The molecule has 0 aliphatic carbocycles. The molecular weight excluding hydrogens is 462 g/mol. The Balaban J connectivity index is 1.42. The second-order valence-corrected chi connectivity index (χ2v) is 10.0. The number of anilines is 3. The fourth-order valence-electron chi connectivity index (χ4n) is 4.32. The first-order valence-electron chi connectivity index (χ1n) is 11.2. The maximum atomic E-state index is 13.1. The van der Waals surface area contributed by atoms with E-state index in [0.29, 0.717) is 23.4 Å². The largest absolute Gasteiger partial charge is 0.321 e. The Morgan fingerprint density at radius 1 is 0.943 bits per heavy atom. The van der Waals surface area contributed by atoms with Crippen LogP contribution in [0, 0.1) is 6.92 Å². The molecule has 35 heavy (non-hydrogen) atoms. The molecule has 2 amide bonds. The maximum absolute atomic E-state index is 13.1. The van der Waals surface area contributed by atoms with Crippen LogP contribution in [0.25, 0.3) is 10.8 Å². The van der Waals surface area contributed by atoms with Gasteiger partial charge in [0.1, 0.15) is 0 Å². The third kappa shape index (κ3) is 4.02. The first kappa shape index (κ1) is 22.6. The zero-order chi connectivity index (χ0) is 24.7. The van der Waals surface area contributed by atoms with Crippen LogP contribution in [0.15, 0.2) is 83.8 Å².